The second kappa shape index (κ2) is 16.6. The normalized spacial score (nSPS) is 13.0. The molecule has 4 amide bonds. The van der Waals surface area contributed by atoms with Gasteiger partial charge in [0.1, 0.15) is 17.8 Å². The molecule has 0 fully saturated rings. The van der Waals surface area contributed by atoms with Crippen LogP contribution < -0.4 is 26.4 Å². The Morgan fingerprint density at radius 3 is 2.10 bits per heavy atom. The number of carbonyl (C=O) groups is 5. The quantitative estimate of drug-likeness (QED) is 0.181. The smallest absolute Gasteiger partial charge is 0.326 e. The van der Waals surface area contributed by atoms with Crippen LogP contribution in [0.2, 0.25) is 0 Å². The van der Waals surface area contributed by atoms with Gasteiger partial charge in [0.2, 0.25) is 17.7 Å². The lowest BCUT2D eigenvalue weighted by molar-refractivity contribution is -0.141. The van der Waals surface area contributed by atoms with Crippen LogP contribution in [0.1, 0.15) is 54.6 Å². The maximum absolute atomic E-state index is 13.0. The second-order valence-corrected chi connectivity index (χ2v) is 13.4. The molecule has 3 atom stereocenters. The summed E-state index contributed by atoms with van der Waals surface area (Å²) in [6, 6.07) is 6.52. The lowest BCUT2D eigenvalue weighted by Crippen LogP contribution is -2.53. The highest BCUT2D eigenvalue weighted by atomic mass is 127. The van der Waals surface area contributed by atoms with Crippen molar-refractivity contribution in [2.45, 2.75) is 51.6 Å². The number of carboxylic acids is 1. The Hall–Kier alpha value is -2.22. The number of nitrogens with two attached hydrogens (primary N) is 1. The molecular formula is C28H33I3N4O7. The van der Waals surface area contributed by atoms with E-state index in [1.54, 1.807) is 13.0 Å². The number of hydrogen-bond acceptors (Lipinski definition) is 6. The summed E-state index contributed by atoms with van der Waals surface area (Å²) >= 11 is 5.97. The number of rotatable bonds is 14. The molecule has 0 bridgehead atoms. The molecule has 14 heteroatoms. The van der Waals surface area contributed by atoms with Gasteiger partial charge in [-0.1, -0.05) is 38.1 Å². The molecular weight excluding hydrogens is 885 g/mol. The minimum atomic E-state index is -1.60. The van der Waals surface area contributed by atoms with Crippen molar-refractivity contribution in [3.8, 4) is 5.75 Å². The van der Waals surface area contributed by atoms with E-state index in [1.807, 2.05) is 69.4 Å². The molecule has 2 rings (SSSR count). The summed E-state index contributed by atoms with van der Waals surface area (Å²) in [5.74, 6) is -3.85. The molecule has 0 heterocycles. The first kappa shape index (κ1) is 36.0. The van der Waals surface area contributed by atoms with Crippen LogP contribution in [0.3, 0.4) is 0 Å². The average molecular weight is 918 g/mol. The molecule has 42 heavy (non-hydrogen) atoms. The zero-order valence-electron chi connectivity index (χ0n) is 23.4. The molecule has 0 saturated carbocycles. The SMILES string of the molecule is COc1c(I)cc(I)c(C(=O)N[C@@H](CC(=O)NC(CNC(=O)[C@@H](C)c2ccc(CC(C)C)cc2)C(N)=O)C(=O)O)c1I. The topological polar surface area (TPSA) is 177 Å². The third-order valence-corrected chi connectivity index (χ3v) is 8.91. The fraction of sp³-hybridized carbons (Fsp3) is 0.393. The average Bonchev–Trinajstić information content (AvgIpc) is 2.89. The summed E-state index contributed by atoms with van der Waals surface area (Å²) in [4.78, 5) is 62.4. The van der Waals surface area contributed by atoms with Gasteiger partial charge in [0, 0.05) is 10.1 Å². The third-order valence-electron chi connectivity index (χ3n) is 6.23. The summed E-state index contributed by atoms with van der Waals surface area (Å²) in [5.41, 5.74) is 7.59. The first-order valence-corrected chi connectivity index (χ1v) is 16.1. The van der Waals surface area contributed by atoms with E-state index in [0.717, 1.165) is 21.1 Å². The molecule has 0 saturated heterocycles. The van der Waals surface area contributed by atoms with Gasteiger partial charge in [-0.3, -0.25) is 19.2 Å². The number of carbonyl (C=O) groups excluding carboxylic acids is 4. The van der Waals surface area contributed by atoms with Crippen LogP contribution in [-0.4, -0.2) is 60.4 Å². The predicted octanol–water partition coefficient (Wildman–Crippen LogP) is 3.17. The van der Waals surface area contributed by atoms with Gasteiger partial charge in [-0.15, -0.1) is 0 Å². The van der Waals surface area contributed by atoms with Crippen LogP contribution in [0.5, 0.6) is 5.75 Å². The van der Waals surface area contributed by atoms with Gasteiger partial charge in [0.15, 0.2) is 0 Å². The predicted molar refractivity (Wildman–Crippen MR) is 182 cm³/mol. The van der Waals surface area contributed by atoms with Crippen molar-refractivity contribution in [3.63, 3.8) is 0 Å². The van der Waals surface area contributed by atoms with E-state index in [0.29, 0.717) is 18.8 Å². The molecule has 0 aromatic heterocycles. The van der Waals surface area contributed by atoms with Crippen LogP contribution in [-0.2, 0) is 25.6 Å². The Kier molecular flexibility index (Phi) is 14.2. The van der Waals surface area contributed by atoms with Gasteiger partial charge >= 0.3 is 5.97 Å². The number of halogens is 3. The number of ether oxygens (including phenoxy) is 1. The van der Waals surface area contributed by atoms with Gasteiger partial charge in [-0.2, -0.15) is 0 Å². The first-order valence-electron chi connectivity index (χ1n) is 12.9. The van der Waals surface area contributed by atoms with Gasteiger partial charge in [-0.25, -0.2) is 4.79 Å². The summed E-state index contributed by atoms with van der Waals surface area (Å²) in [7, 11) is 1.46. The number of hydrogen-bond donors (Lipinski definition) is 5. The van der Waals surface area contributed by atoms with Crippen molar-refractivity contribution >= 4 is 97.4 Å². The Balaban J connectivity index is 2.03. The number of methoxy groups -OCH3 is 1. The molecule has 0 radical (unpaired) electrons. The van der Waals surface area contributed by atoms with Crippen LogP contribution in [0, 0.1) is 16.6 Å². The highest BCUT2D eigenvalue weighted by Gasteiger charge is 2.29. The highest BCUT2D eigenvalue weighted by Crippen LogP contribution is 2.33. The van der Waals surface area contributed by atoms with E-state index in [1.165, 1.54) is 7.11 Å². The molecule has 0 aliphatic carbocycles. The molecule has 0 aliphatic heterocycles. The van der Waals surface area contributed by atoms with Crippen molar-refractivity contribution in [2.24, 2.45) is 11.7 Å². The van der Waals surface area contributed by atoms with E-state index in [9.17, 15) is 29.1 Å². The maximum Gasteiger partial charge on any atom is 0.326 e. The molecule has 1 unspecified atom stereocenters. The van der Waals surface area contributed by atoms with Crippen LogP contribution >= 0.6 is 67.8 Å². The van der Waals surface area contributed by atoms with Crippen molar-refractivity contribution in [1.82, 2.24) is 16.0 Å². The zero-order chi connectivity index (χ0) is 31.7. The molecule has 2 aromatic rings. The number of aliphatic carboxylic acids is 1. The molecule has 0 aliphatic rings. The van der Waals surface area contributed by atoms with Crippen LogP contribution in [0.15, 0.2) is 30.3 Å². The fourth-order valence-electron chi connectivity index (χ4n) is 3.98. The van der Waals surface area contributed by atoms with Crippen LogP contribution in [0.4, 0.5) is 0 Å². The second-order valence-electron chi connectivity index (χ2n) is 9.96. The number of benzene rings is 2. The molecule has 0 spiro atoms. The van der Waals surface area contributed by atoms with E-state index < -0.39 is 48.1 Å². The Morgan fingerprint density at radius 1 is 0.952 bits per heavy atom. The van der Waals surface area contributed by atoms with Crippen molar-refractivity contribution < 1.29 is 33.8 Å². The third kappa shape index (κ3) is 10.2. The van der Waals surface area contributed by atoms with Gasteiger partial charge < -0.3 is 31.5 Å². The molecule has 2 aromatic carbocycles. The van der Waals surface area contributed by atoms with Gasteiger partial charge in [0.05, 0.1) is 32.2 Å². The van der Waals surface area contributed by atoms with E-state index in [4.69, 9.17) is 10.5 Å². The summed E-state index contributed by atoms with van der Waals surface area (Å²) in [6.45, 7) is 5.68. The maximum atomic E-state index is 13.0. The fourth-order valence-corrected chi connectivity index (χ4v) is 8.28. The minimum Gasteiger partial charge on any atom is -0.495 e. The Bertz CT molecular complexity index is 1340. The molecule has 11 nitrogen and oxygen atoms in total. The molecule has 6 N–H and O–H groups in total. The van der Waals surface area contributed by atoms with Crippen molar-refractivity contribution in [3.05, 3.63) is 57.7 Å². The van der Waals surface area contributed by atoms with E-state index in [-0.39, 0.29) is 18.0 Å². The Labute approximate surface area is 285 Å². The largest absolute Gasteiger partial charge is 0.495 e. The van der Waals surface area contributed by atoms with E-state index >= 15 is 0 Å². The minimum absolute atomic E-state index is 0.210. The standard InChI is InChI=1S/C28H33I3N4O7/c1-13(2)9-15-5-7-16(8-6-15)14(3)26(38)33-12-20(25(32)37)34-21(36)11-19(28(40)41)35-27(39)22-17(29)10-18(30)24(42-4)23(22)31/h5-8,10,13-14,19-20H,9,11-12H2,1-4H3,(H2,32,37)(H,33,38)(H,34,36)(H,35,39)(H,40,41)/t14-,19-,20?/m0/s1. The van der Waals surface area contributed by atoms with Crippen molar-refractivity contribution in [1.29, 1.82) is 0 Å². The zero-order valence-corrected chi connectivity index (χ0v) is 29.9. The molecule has 228 valence electrons. The lowest BCUT2D eigenvalue weighted by atomic mass is 9.96. The van der Waals surface area contributed by atoms with Gasteiger partial charge in [0.25, 0.3) is 5.91 Å². The Morgan fingerprint density at radius 2 is 1.57 bits per heavy atom. The summed E-state index contributed by atoms with van der Waals surface area (Å²) < 4.78 is 7.18. The van der Waals surface area contributed by atoms with Crippen LogP contribution in [0.25, 0.3) is 0 Å². The monoisotopic (exact) mass is 918 g/mol. The summed E-state index contributed by atoms with van der Waals surface area (Å²) in [6.07, 6.45) is 0.249. The highest BCUT2D eigenvalue weighted by molar-refractivity contribution is 14.1. The number of primary amides is 1. The lowest BCUT2D eigenvalue weighted by Gasteiger charge is -2.20. The van der Waals surface area contributed by atoms with E-state index in [2.05, 4.69) is 52.4 Å². The van der Waals surface area contributed by atoms with Crippen molar-refractivity contribution in [2.75, 3.05) is 13.7 Å². The number of nitrogens with one attached hydrogen (secondary N) is 3. The first-order chi connectivity index (χ1) is 19.7. The number of amides is 4. The van der Waals surface area contributed by atoms with Gasteiger partial charge in [-0.05, 0) is 104 Å². The number of carboxylic acid groups (broad SMARTS) is 1. The summed E-state index contributed by atoms with van der Waals surface area (Å²) in [5, 5.41) is 17.0.